The Bertz CT molecular complexity index is 1030. The fourth-order valence-corrected chi connectivity index (χ4v) is 4.60. The molecule has 0 bridgehead atoms. The van der Waals surface area contributed by atoms with Gasteiger partial charge in [-0.3, -0.25) is 14.4 Å². The molecule has 0 saturated carbocycles. The summed E-state index contributed by atoms with van der Waals surface area (Å²) in [5.41, 5.74) is 1.03. The van der Waals surface area contributed by atoms with Crippen LogP contribution in [0, 0.1) is 0 Å². The highest BCUT2D eigenvalue weighted by molar-refractivity contribution is 8.00. The number of carbonyl (C=O) groups excluding carboxylic acids is 3. The molecule has 2 amide bonds. The second kappa shape index (κ2) is 11.6. The van der Waals surface area contributed by atoms with Crippen LogP contribution in [-0.2, 0) is 14.3 Å². The number of carbonyl (C=O) groups is 3. The summed E-state index contributed by atoms with van der Waals surface area (Å²) in [5.74, 6) is -0.598. The first-order valence-electron chi connectivity index (χ1n) is 10.7. The summed E-state index contributed by atoms with van der Waals surface area (Å²) in [6.45, 7) is 1.85. The lowest BCUT2D eigenvalue weighted by Crippen LogP contribution is -2.37. The van der Waals surface area contributed by atoms with Gasteiger partial charge in [-0.15, -0.1) is 11.8 Å². The van der Waals surface area contributed by atoms with Crippen molar-refractivity contribution in [2.45, 2.75) is 23.5 Å². The third-order valence-corrected chi connectivity index (χ3v) is 6.46. The Labute approximate surface area is 202 Å². The molecule has 10 heteroatoms. The van der Waals surface area contributed by atoms with Gasteiger partial charge in [0.05, 0.1) is 27.0 Å². The highest BCUT2D eigenvalue weighted by Gasteiger charge is 2.25. The number of thioether (sulfide) groups is 1. The maximum absolute atomic E-state index is 12.8. The molecule has 2 aromatic carbocycles. The van der Waals surface area contributed by atoms with Crippen LogP contribution in [0.4, 0.5) is 5.69 Å². The Morgan fingerprint density at radius 1 is 1.06 bits per heavy atom. The third-order valence-electron chi connectivity index (χ3n) is 5.22. The van der Waals surface area contributed by atoms with E-state index < -0.39 is 25.0 Å². The molecule has 34 heavy (non-hydrogen) atoms. The van der Waals surface area contributed by atoms with E-state index in [0.29, 0.717) is 29.0 Å². The Kier molecular flexibility index (Phi) is 8.64. The number of esters is 1. The van der Waals surface area contributed by atoms with Crippen molar-refractivity contribution in [2.75, 3.05) is 45.9 Å². The first-order chi connectivity index (χ1) is 16.4. The van der Waals surface area contributed by atoms with E-state index in [2.05, 4.69) is 12.2 Å². The van der Waals surface area contributed by atoms with Gasteiger partial charge in [-0.05, 0) is 30.7 Å². The fraction of sp³-hybridized carbons (Fsp3) is 0.375. The lowest BCUT2D eigenvalue weighted by atomic mass is 10.1. The molecular formula is C24H28N2O7S. The first kappa shape index (κ1) is 25.2. The largest absolute Gasteiger partial charge is 0.493 e. The van der Waals surface area contributed by atoms with Crippen molar-refractivity contribution in [2.24, 2.45) is 0 Å². The van der Waals surface area contributed by atoms with E-state index >= 15 is 0 Å². The van der Waals surface area contributed by atoms with E-state index in [-0.39, 0.29) is 11.5 Å². The van der Waals surface area contributed by atoms with Gasteiger partial charge in [-0.2, -0.15) is 0 Å². The fourth-order valence-electron chi connectivity index (χ4n) is 3.48. The number of hydrogen-bond acceptors (Lipinski definition) is 8. The van der Waals surface area contributed by atoms with Crippen LogP contribution in [0.15, 0.2) is 41.3 Å². The molecule has 0 radical (unpaired) electrons. The Balaban J connectivity index is 1.57. The summed E-state index contributed by atoms with van der Waals surface area (Å²) < 4.78 is 20.8. The van der Waals surface area contributed by atoms with E-state index in [1.54, 1.807) is 16.7 Å². The van der Waals surface area contributed by atoms with Gasteiger partial charge in [-0.1, -0.05) is 19.1 Å². The second-order valence-electron chi connectivity index (χ2n) is 7.49. The maximum Gasteiger partial charge on any atom is 0.325 e. The average Bonchev–Trinajstić information content (AvgIpc) is 3.02. The molecule has 1 N–H and O–H groups in total. The van der Waals surface area contributed by atoms with Crippen molar-refractivity contribution in [3.63, 3.8) is 0 Å². The standard InChI is InChI=1S/C24H28N2O7S/c1-15-9-10-26(17-7-5-6-8-20(17)34-15)21(27)14-33-22(28)13-25-24(29)16-11-18(30-2)23(32-4)19(12-16)31-3/h5-8,11-12,15H,9-10,13-14H2,1-4H3,(H,25,29). The number of fused-ring (bicyclic) bond motifs is 1. The minimum absolute atomic E-state index is 0.214. The molecule has 1 unspecified atom stereocenters. The quantitative estimate of drug-likeness (QED) is 0.566. The molecule has 1 aliphatic rings. The van der Waals surface area contributed by atoms with Crippen molar-refractivity contribution in [1.29, 1.82) is 0 Å². The van der Waals surface area contributed by atoms with Gasteiger partial charge < -0.3 is 29.2 Å². The summed E-state index contributed by atoms with van der Waals surface area (Å²) in [7, 11) is 4.34. The van der Waals surface area contributed by atoms with Crippen LogP contribution in [0.25, 0.3) is 0 Å². The molecular weight excluding hydrogens is 460 g/mol. The predicted molar refractivity (Wildman–Crippen MR) is 128 cm³/mol. The number of amides is 2. The molecule has 9 nitrogen and oxygen atoms in total. The molecule has 182 valence electrons. The number of ether oxygens (including phenoxy) is 4. The molecule has 0 saturated heterocycles. The molecule has 0 aliphatic carbocycles. The van der Waals surface area contributed by atoms with Crippen LogP contribution >= 0.6 is 11.8 Å². The number of anilines is 1. The van der Waals surface area contributed by atoms with E-state index in [4.69, 9.17) is 18.9 Å². The van der Waals surface area contributed by atoms with Crippen molar-refractivity contribution in [3.8, 4) is 17.2 Å². The number of para-hydroxylation sites is 1. The molecule has 1 heterocycles. The highest BCUT2D eigenvalue weighted by Crippen LogP contribution is 2.38. The van der Waals surface area contributed by atoms with Gasteiger partial charge in [0, 0.05) is 22.3 Å². The lowest BCUT2D eigenvalue weighted by molar-refractivity contribution is -0.146. The van der Waals surface area contributed by atoms with Crippen molar-refractivity contribution in [3.05, 3.63) is 42.0 Å². The van der Waals surface area contributed by atoms with Gasteiger partial charge in [0.1, 0.15) is 6.54 Å². The second-order valence-corrected chi connectivity index (χ2v) is 8.97. The first-order valence-corrected chi connectivity index (χ1v) is 11.6. The third kappa shape index (κ3) is 5.93. The Morgan fingerprint density at radius 2 is 1.74 bits per heavy atom. The van der Waals surface area contributed by atoms with Gasteiger partial charge in [0.25, 0.3) is 11.8 Å². The molecule has 1 atom stereocenters. The zero-order valence-electron chi connectivity index (χ0n) is 19.6. The summed E-state index contributed by atoms with van der Waals surface area (Å²) in [6, 6.07) is 10.6. The van der Waals surface area contributed by atoms with E-state index in [0.717, 1.165) is 17.0 Å². The number of nitrogens with one attached hydrogen (secondary N) is 1. The molecule has 3 rings (SSSR count). The summed E-state index contributed by atoms with van der Waals surface area (Å²) in [6.07, 6.45) is 0.823. The Morgan fingerprint density at radius 3 is 2.38 bits per heavy atom. The van der Waals surface area contributed by atoms with Crippen molar-refractivity contribution < 1.29 is 33.3 Å². The maximum atomic E-state index is 12.8. The number of hydrogen-bond donors (Lipinski definition) is 1. The van der Waals surface area contributed by atoms with Gasteiger partial charge in [-0.25, -0.2) is 0 Å². The number of benzene rings is 2. The molecule has 0 aromatic heterocycles. The average molecular weight is 489 g/mol. The Hall–Kier alpha value is -3.40. The van der Waals surface area contributed by atoms with Crippen LogP contribution in [0.1, 0.15) is 23.7 Å². The highest BCUT2D eigenvalue weighted by atomic mass is 32.2. The van der Waals surface area contributed by atoms with Crippen LogP contribution in [0.3, 0.4) is 0 Å². The van der Waals surface area contributed by atoms with E-state index in [9.17, 15) is 14.4 Å². The van der Waals surface area contributed by atoms with Gasteiger partial charge in [0.15, 0.2) is 18.1 Å². The monoisotopic (exact) mass is 488 g/mol. The zero-order chi connectivity index (χ0) is 24.7. The SMILES string of the molecule is COc1cc(C(=O)NCC(=O)OCC(=O)N2CCC(C)Sc3ccccc32)cc(OC)c1OC. The normalized spacial score (nSPS) is 14.9. The van der Waals surface area contributed by atoms with E-state index in [1.807, 2.05) is 24.3 Å². The minimum Gasteiger partial charge on any atom is -0.493 e. The summed E-state index contributed by atoms with van der Waals surface area (Å²) in [4.78, 5) is 40.2. The van der Waals surface area contributed by atoms with Crippen LogP contribution < -0.4 is 24.4 Å². The molecule has 0 fully saturated rings. The van der Waals surface area contributed by atoms with Gasteiger partial charge in [0.2, 0.25) is 5.75 Å². The van der Waals surface area contributed by atoms with Crippen LogP contribution in [0.2, 0.25) is 0 Å². The van der Waals surface area contributed by atoms with Crippen molar-refractivity contribution >= 4 is 35.2 Å². The molecule has 2 aromatic rings. The number of rotatable bonds is 8. The van der Waals surface area contributed by atoms with Crippen molar-refractivity contribution in [1.82, 2.24) is 5.32 Å². The van der Waals surface area contributed by atoms with E-state index in [1.165, 1.54) is 33.5 Å². The smallest absolute Gasteiger partial charge is 0.325 e. The minimum atomic E-state index is -0.722. The number of nitrogens with zero attached hydrogens (tertiary/aromatic N) is 1. The number of methoxy groups -OCH3 is 3. The summed E-state index contributed by atoms with van der Waals surface area (Å²) >= 11 is 1.72. The lowest BCUT2D eigenvalue weighted by Gasteiger charge is -2.22. The zero-order valence-corrected chi connectivity index (χ0v) is 20.4. The van der Waals surface area contributed by atoms with Crippen LogP contribution in [-0.4, -0.2) is 64.1 Å². The predicted octanol–water partition coefficient (Wildman–Crippen LogP) is 2.90. The topological polar surface area (TPSA) is 103 Å². The van der Waals surface area contributed by atoms with Gasteiger partial charge >= 0.3 is 5.97 Å². The molecule has 0 spiro atoms. The van der Waals surface area contributed by atoms with Crippen LogP contribution in [0.5, 0.6) is 17.2 Å². The molecule has 1 aliphatic heterocycles. The summed E-state index contributed by atoms with van der Waals surface area (Å²) in [5, 5.41) is 2.85.